The summed E-state index contributed by atoms with van der Waals surface area (Å²) in [5, 5.41) is 4.57. The van der Waals surface area contributed by atoms with Crippen LogP contribution in [0.3, 0.4) is 0 Å². The summed E-state index contributed by atoms with van der Waals surface area (Å²) in [5.41, 5.74) is 9.41. The van der Waals surface area contributed by atoms with Crippen molar-refractivity contribution in [3.05, 3.63) is 34.4 Å². The van der Waals surface area contributed by atoms with Crippen LogP contribution in [0.25, 0.3) is 11.1 Å². The Balaban J connectivity index is 2.66. The lowest BCUT2D eigenvalue weighted by atomic mass is 9.96. The van der Waals surface area contributed by atoms with Crippen LogP contribution in [0.4, 0.5) is 5.82 Å². The fourth-order valence-electron chi connectivity index (χ4n) is 2.04. The van der Waals surface area contributed by atoms with Crippen LogP contribution in [-0.2, 0) is 7.05 Å². The molecule has 4 heteroatoms. The second kappa shape index (κ2) is 5.14. The van der Waals surface area contributed by atoms with Gasteiger partial charge in [0.05, 0.1) is 5.69 Å². The van der Waals surface area contributed by atoms with E-state index in [2.05, 4.69) is 40.9 Å². The molecule has 2 rings (SSSR count). The number of anilines is 1. The summed E-state index contributed by atoms with van der Waals surface area (Å²) in [5.74, 6) is 1.12. The molecular weight excluding hydrogens is 290 g/mol. The van der Waals surface area contributed by atoms with Gasteiger partial charge in [-0.2, -0.15) is 5.10 Å². The van der Waals surface area contributed by atoms with Crippen molar-refractivity contribution in [3.63, 3.8) is 0 Å². The summed E-state index contributed by atoms with van der Waals surface area (Å²) in [6, 6.07) is 8.13. The van der Waals surface area contributed by atoms with Crippen molar-refractivity contribution in [1.29, 1.82) is 0 Å². The van der Waals surface area contributed by atoms with E-state index in [-0.39, 0.29) is 0 Å². The molecule has 96 valence electrons. The van der Waals surface area contributed by atoms with Gasteiger partial charge in [0, 0.05) is 28.6 Å². The first-order chi connectivity index (χ1) is 8.56. The molecule has 1 aromatic heterocycles. The van der Waals surface area contributed by atoms with Crippen LogP contribution in [-0.4, -0.2) is 9.78 Å². The Kier molecular flexibility index (Phi) is 3.76. The first-order valence-electron chi connectivity index (χ1n) is 6.13. The number of aromatic nitrogens is 2. The minimum atomic E-state index is 0.399. The lowest BCUT2D eigenvalue weighted by Gasteiger charge is -2.10. The molecule has 0 bridgehead atoms. The number of nitrogens with two attached hydrogens (primary N) is 1. The van der Waals surface area contributed by atoms with Crippen molar-refractivity contribution in [2.45, 2.75) is 26.2 Å². The maximum atomic E-state index is 6.18. The Hall–Kier alpha value is -1.29. The summed E-state index contributed by atoms with van der Waals surface area (Å²) in [7, 11) is 1.89. The molecule has 3 nitrogen and oxygen atoms in total. The van der Waals surface area contributed by atoms with E-state index in [1.165, 1.54) is 0 Å². The highest BCUT2D eigenvalue weighted by molar-refractivity contribution is 9.10. The normalized spacial score (nSPS) is 12.7. The molecule has 0 saturated carbocycles. The van der Waals surface area contributed by atoms with Gasteiger partial charge < -0.3 is 5.73 Å². The van der Waals surface area contributed by atoms with E-state index in [1.807, 2.05) is 25.2 Å². The van der Waals surface area contributed by atoms with E-state index in [0.29, 0.717) is 5.92 Å². The van der Waals surface area contributed by atoms with Crippen molar-refractivity contribution in [1.82, 2.24) is 9.78 Å². The monoisotopic (exact) mass is 307 g/mol. The Morgan fingerprint density at radius 1 is 1.39 bits per heavy atom. The SMILES string of the molecule is CCC(C)c1nn(C)c(N)c1-c1ccccc1Br. The molecule has 0 aliphatic heterocycles. The van der Waals surface area contributed by atoms with E-state index in [1.54, 1.807) is 4.68 Å². The molecular formula is C14H18BrN3. The Labute approximate surface area is 116 Å². The third kappa shape index (κ3) is 2.17. The number of aryl methyl sites for hydroxylation is 1. The summed E-state index contributed by atoms with van der Waals surface area (Å²) in [6.45, 7) is 4.35. The minimum absolute atomic E-state index is 0.399. The number of hydrogen-bond acceptors (Lipinski definition) is 2. The van der Waals surface area contributed by atoms with E-state index < -0.39 is 0 Å². The zero-order chi connectivity index (χ0) is 13.3. The van der Waals surface area contributed by atoms with Gasteiger partial charge >= 0.3 is 0 Å². The summed E-state index contributed by atoms with van der Waals surface area (Å²) in [6.07, 6.45) is 1.05. The van der Waals surface area contributed by atoms with Crippen LogP contribution < -0.4 is 5.73 Å². The molecule has 1 unspecified atom stereocenters. The minimum Gasteiger partial charge on any atom is -0.383 e. The number of nitrogens with zero attached hydrogens (tertiary/aromatic N) is 2. The highest BCUT2D eigenvalue weighted by Crippen LogP contribution is 2.38. The van der Waals surface area contributed by atoms with Gasteiger partial charge in [-0.3, -0.25) is 4.68 Å². The van der Waals surface area contributed by atoms with Crippen LogP contribution in [0.2, 0.25) is 0 Å². The molecule has 0 radical (unpaired) electrons. The van der Waals surface area contributed by atoms with E-state index >= 15 is 0 Å². The topological polar surface area (TPSA) is 43.8 Å². The Bertz CT molecular complexity index is 560. The third-order valence-corrected chi connectivity index (χ3v) is 4.03. The van der Waals surface area contributed by atoms with Gasteiger partial charge in [0.15, 0.2) is 0 Å². The van der Waals surface area contributed by atoms with E-state index in [9.17, 15) is 0 Å². The van der Waals surface area contributed by atoms with E-state index in [0.717, 1.165) is 33.5 Å². The van der Waals surface area contributed by atoms with Crippen LogP contribution in [0.15, 0.2) is 28.7 Å². The van der Waals surface area contributed by atoms with Crippen molar-refractivity contribution in [3.8, 4) is 11.1 Å². The van der Waals surface area contributed by atoms with Gasteiger partial charge in [-0.1, -0.05) is 48.0 Å². The lowest BCUT2D eigenvalue weighted by molar-refractivity contribution is 0.668. The Morgan fingerprint density at radius 3 is 2.67 bits per heavy atom. The fraction of sp³-hybridized carbons (Fsp3) is 0.357. The van der Waals surface area contributed by atoms with Gasteiger partial charge in [-0.15, -0.1) is 0 Å². The molecule has 0 amide bonds. The Morgan fingerprint density at radius 2 is 2.06 bits per heavy atom. The number of nitrogen functional groups attached to an aromatic ring is 1. The molecule has 1 aromatic carbocycles. The second-order valence-electron chi connectivity index (χ2n) is 4.56. The van der Waals surface area contributed by atoms with E-state index in [4.69, 9.17) is 5.73 Å². The van der Waals surface area contributed by atoms with Crippen LogP contribution in [0.1, 0.15) is 31.9 Å². The summed E-state index contributed by atoms with van der Waals surface area (Å²) >= 11 is 3.59. The maximum Gasteiger partial charge on any atom is 0.129 e. The van der Waals surface area contributed by atoms with Crippen LogP contribution in [0, 0.1) is 0 Å². The lowest BCUT2D eigenvalue weighted by Crippen LogP contribution is -1.98. The average Bonchev–Trinajstić information content (AvgIpc) is 2.66. The summed E-state index contributed by atoms with van der Waals surface area (Å²) in [4.78, 5) is 0. The predicted molar refractivity (Wildman–Crippen MR) is 79.5 cm³/mol. The van der Waals surface area contributed by atoms with Gasteiger partial charge in [0.2, 0.25) is 0 Å². The maximum absolute atomic E-state index is 6.18. The number of hydrogen-bond donors (Lipinski definition) is 1. The van der Waals surface area contributed by atoms with Crippen molar-refractivity contribution >= 4 is 21.7 Å². The second-order valence-corrected chi connectivity index (χ2v) is 5.41. The zero-order valence-electron chi connectivity index (χ0n) is 10.9. The molecule has 0 spiro atoms. The molecule has 18 heavy (non-hydrogen) atoms. The first kappa shape index (κ1) is 13.1. The highest BCUT2D eigenvalue weighted by Gasteiger charge is 2.20. The fourth-order valence-corrected chi connectivity index (χ4v) is 2.52. The highest BCUT2D eigenvalue weighted by atomic mass is 79.9. The zero-order valence-corrected chi connectivity index (χ0v) is 12.5. The number of benzene rings is 1. The molecule has 0 saturated heterocycles. The first-order valence-corrected chi connectivity index (χ1v) is 6.92. The number of halogens is 1. The molecule has 0 fully saturated rings. The van der Waals surface area contributed by atoms with Gasteiger partial charge in [0.25, 0.3) is 0 Å². The van der Waals surface area contributed by atoms with Gasteiger partial charge in [0.1, 0.15) is 5.82 Å². The molecule has 2 N–H and O–H groups in total. The summed E-state index contributed by atoms with van der Waals surface area (Å²) < 4.78 is 2.81. The molecule has 0 aliphatic rings. The molecule has 2 aromatic rings. The van der Waals surface area contributed by atoms with Gasteiger partial charge in [-0.25, -0.2) is 0 Å². The number of rotatable bonds is 3. The standard InChI is InChI=1S/C14H18BrN3/c1-4-9(2)13-12(14(16)18(3)17-13)10-7-5-6-8-11(10)15/h5-9H,4,16H2,1-3H3. The quantitative estimate of drug-likeness (QED) is 0.933. The molecule has 1 heterocycles. The van der Waals surface area contributed by atoms with Crippen molar-refractivity contribution < 1.29 is 0 Å². The van der Waals surface area contributed by atoms with Gasteiger partial charge in [-0.05, 0) is 12.5 Å². The van der Waals surface area contributed by atoms with Crippen molar-refractivity contribution in [2.75, 3.05) is 5.73 Å². The smallest absolute Gasteiger partial charge is 0.129 e. The van der Waals surface area contributed by atoms with Crippen LogP contribution in [0.5, 0.6) is 0 Å². The molecule has 0 aliphatic carbocycles. The van der Waals surface area contributed by atoms with Crippen molar-refractivity contribution in [2.24, 2.45) is 7.05 Å². The predicted octanol–water partition coefficient (Wildman–Crippen LogP) is 3.95. The molecule has 1 atom stereocenters. The van der Waals surface area contributed by atoms with Crippen LogP contribution >= 0.6 is 15.9 Å². The largest absolute Gasteiger partial charge is 0.383 e. The third-order valence-electron chi connectivity index (χ3n) is 3.34. The average molecular weight is 308 g/mol.